The first-order valence-electron chi connectivity index (χ1n) is 12.5. The third kappa shape index (κ3) is 4.28. The van der Waals surface area contributed by atoms with Crippen LogP contribution in [0.15, 0.2) is 74.2 Å². The molecule has 3 heterocycles. The second kappa shape index (κ2) is 9.56. The second-order valence-corrected chi connectivity index (χ2v) is 10.1. The molecule has 2 aromatic heterocycles. The Balaban J connectivity index is 1.71. The molecule has 0 amide bonds. The molecule has 2 aromatic carbocycles. The highest BCUT2D eigenvalue weighted by molar-refractivity contribution is 5.93. The first kappa shape index (κ1) is 25.4. The van der Waals surface area contributed by atoms with Crippen LogP contribution in [0.4, 0.5) is 0 Å². The van der Waals surface area contributed by atoms with Crippen LogP contribution in [0, 0.1) is 0 Å². The number of para-hydroxylation sites is 1. The van der Waals surface area contributed by atoms with Gasteiger partial charge in [0.05, 0.1) is 36.2 Å². The summed E-state index contributed by atoms with van der Waals surface area (Å²) in [5.74, 6) is 1.49. The zero-order valence-electron chi connectivity index (χ0n) is 22.5. The Labute approximate surface area is 220 Å². The predicted octanol–water partition coefficient (Wildman–Crippen LogP) is 5.97. The third-order valence-corrected chi connectivity index (χ3v) is 7.07. The van der Waals surface area contributed by atoms with E-state index in [1.807, 2.05) is 57.2 Å². The largest absolute Gasteiger partial charge is 0.496 e. The molecule has 38 heavy (non-hydrogen) atoms. The molecule has 0 saturated heterocycles. The average molecular weight is 514 g/mol. The number of allylic oxidation sites excluding steroid dienone is 2. The maximum Gasteiger partial charge on any atom is 0.336 e. The fourth-order valence-electron chi connectivity index (χ4n) is 5.34. The van der Waals surface area contributed by atoms with E-state index in [4.69, 9.17) is 18.6 Å². The lowest BCUT2D eigenvalue weighted by atomic mass is 9.81. The molecule has 0 spiro atoms. The number of methoxy groups -OCH3 is 2. The summed E-state index contributed by atoms with van der Waals surface area (Å²) in [6, 6.07) is 12.6. The Morgan fingerprint density at radius 2 is 1.79 bits per heavy atom. The molecule has 0 saturated carbocycles. The van der Waals surface area contributed by atoms with E-state index in [2.05, 4.69) is 6.08 Å². The maximum atomic E-state index is 13.5. The molecule has 0 aliphatic carbocycles. The van der Waals surface area contributed by atoms with Crippen LogP contribution in [0.25, 0.3) is 27.9 Å². The number of hydrogen-bond donors (Lipinski definition) is 0. The van der Waals surface area contributed by atoms with Gasteiger partial charge in [0.25, 0.3) is 5.56 Å². The molecule has 1 aliphatic heterocycles. The van der Waals surface area contributed by atoms with Crippen molar-refractivity contribution in [2.45, 2.75) is 38.7 Å². The molecule has 7 heteroatoms. The molecule has 0 N–H and O–H groups in total. The van der Waals surface area contributed by atoms with Gasteiger partial charge in [-0.25, -0.2) is 4.79 Å². The van der Waals surface area contributed by atoms with Crippen LogP contribution in [0.1, 0.15) is 44.2 Å². The van der Waals surface area contributed by atoms with Gasteiger partial charge < -0.3 is 23.2 Å². The fraction of sp³-hybridized carbons (Fsp3) is 0.290. The molecule has 0 unspecified atom stereocenters. The van der Waals surface area contributed by atoms with Gasteiger partial charge in [0.2, 0.25) is 0 Å². The first-order valence-corrected chi connectivity index (χ1v) is 12.5. The van der Waals surface area contributed by atoms with Crippen molar-refractivity contribution in [1.29, 1.82) is 0 Å². The lowest BCUT2D eigenvalue weighted by molar-refractivity contribution is 0.110. The van der Waals surface area contributed by atoms with Crippen LogP contribution in [0.3, 0.4) is 0 Å². The van der Waals surface area contributed by atoms with Crippen molar-refractivity contribution < 1.29 is 18.6 Å². The molecule has 7 nitrogen and oxygen atoms in total. The molecule has 2 atom stereocenters. The summed E-state index contributed by atoms with van der Waals surface area (Å²) in [5, 5.41) is 1.54. The van der Waals surface area contributed by atoms with Crippen molar-refractivity contribution in [1.82, 2.24) is 4.57 Å². The summed E-state index contributed by atoms with van der Waals surface area (Å²) in [6.07, 6.45) is 6.49. The standard InChI is InChI=1S/C31H31NO6/c1-18(2)15-19-17-31(3,38-29-20-9-7-8-10-23(20)32(4)30(34)27(19)29)14-13-22-25(36-6)16-24(35-5)21-11-12-26(33)37-28(21)22/h7-16,19H,17H2,1-6H3/b14-13+/t19-,31+/m0/s1. The summed E-state index contributed by atoms with van der Waals surface area (Å²) in [7, 11) is 4.91. The van der Waals surface area contributed by atoms with Crippen LogP contribution in [0.2, 0.25) is 0 Å². The van der Waals surface area contributed by atoms with E-state index in [1.54, 1.807) is 38.0 Å². The number of aromatic nitrogens is 1. The van der Waals surface area contributed by atoms with E-state index in [0.29, 0.717) is 45.8 Å². The Hall–Kier alpha value is -4.26. The molecule has 0 fully saturated rings. The van der Waals surface area contributed by atoms with Gasteiger partial charge in [-0.15, -0.1) is 0 Å². The predicted molar refractivity (Wildman–Crippen MR) is 150 cm³/mol. The van der Waals surface area contributed by atoms with Gasteiger partial charge >= 0.3 is 5.63 Å². The monoisotopic (exact) mass is 513 g/mol. The van der Waals surface area contributed by atoms with Crippen LogP contribution in [0.5, 0.6) is 17.2 Å². The highest BCUT2D eigenvalue weighted by atomic mass is 16.5. The number of hydrogen-bond acceptors (Lipinski definition) is 6. The van der Waals surface area contributed by atoms with Crippen LogP contribution >= 0.6 is 0 Å². The van der Waals surface area contributed by atoms with Gasteiger partial charge in [0.15, 0.2) is 5.58 Å². The Morgan fingerprint density at radius 3 is 2.50 bits per heavy atom. The van der Waals surface area contributed by atoms with E-state index in [-0.39, 0.29) is 11.5 Å². The normalized spacial score (nSPS) is 18.8. The van der Waals surface area contributed by atoms with Gasteiger partial charge in [0.1, 0.15) is 22.8 Å². The number of benzene rings is 2. The first-order chi connectivity index (χ1) is 18.2. The van der Waals surface area contributed by atoms with Gasteiger partial charge in [0, 0.05) is 36.9 Å². The third-order valence-electron chi connectivity index (χ3n) is 7.07. The Morgan fingerprint density at radius 1 is 1.05 bits per heavy atom. The topological polar surface area (TPSA) is 79.9 Å². The Bertz CT molecular complexity index is 1740. The van der Waals surface area contributed by atoms with Crippen LogP contribution in [-0.4, -0.2) is 24.4 Å². The van der Waals surface area contributed by atoms with Crippen LogP contribution < -0.4 is 25.4 Å². The van der Waals surface area contributed by atoms with Gasteiger partial charge in [-0.3, -0.25) is 4.79 Å². The quantitative estimate of drug-likeness (QED) is 0.242. The molecule has 4 aromatic rings. The van der Waals surface area contributed by atoms with Gasteiger partial charge in [-0.05, 0) is 51.1 Å². The molecule has 5 rings (SSSR count). The van der Waals surface area contributed by atoms with E-state index in [1.165, 1.54) is 6.07 Å². The number of rotatable bonds is 5. The molecular weight excluding hydrogens is 482 g/mol. The van der Waals surface area contributed by atoms with Crippen molar-refractivity contribution in [3.8, 4) is 17.2 Å². The van der Waals surface area contributed by atoms with Crippen molar-refractivity contribution in [3.05, 3.63) is 92.1 Å². The molecule has 0 bridgehead atoms. The number of ether oxygens (including phenoxy) is 3. The summed E-state index contributed by atoms with van der Waals surface area (Å²) in [4.78, 5) is 25.6. The highest BCUT2D eigenvalue weighted by Crippen LogP contribution is 2.45. The van der Waals surface area contributed by atoms with E-state index < -0.39 is 11.2 Å². The summed E-state index contributed by atoms with van der Waals surface area (Å²) in [5.41, 5.74) is 2.26. The summed E-state index contributed by atoms with van der Waals surface area (Å²) < 4.78 is 25.1. The minimum Gasteiger partial charge on any atom is -0.496 e. The minimum absolute atomic E-state index is 0.0585. The molecule has 1 aliphatic rings. The molecular formula is C31H31NO6. The molecule has 196 valence electrons. The summed E-state index contributed by atoms with van der Waals surface area (Å²) in [6.45, 7) is 6.06. The van der Waals surface area contributed by atoms with Gasteiger partial charge in [-0.2, -0.15) is 0 Å². The van der Waals surface area contributed by atoms with Crippen molar-refractivity contribution in [3.63, 3.8) is 0 Å². The minimum atomic E-state index is -0.773. The number of pyridine rings is 1. The Kier molecular flexibility index (Phi) is 6.39. The van der Waals surface area contributed by atoms with E-state index >= 15 is 0 Å². The SMILES string of the molecule is COc1cc(OC)c2ccc(=O)oc2c1/C=C/[C@]1(C)C[C@H](C=C(C)C)c2c(c3ccccc3n(C)c2=O)O1. The zero-order chi connectivity index (χ0) is 27.2. The van der Waals surface area contributed by atoms with E-state index in [9.17, 15) is 9.59 Å². The smallest absolute Gasteiger partial charge is 0.336 e. The van der Waals surface area contributed by atoms with Crippen molar-refractivity contribution in [2.24, 2.45) is 7.05 Å². The van der Waals surface area contributed by atoms with Crippen molar-refractivity contribution in [2.75, 3.05) is 14.2 Å². The lowest BCUT2D eigenvalue weighted by Gasteiger charge is -2.38. The lowest BCUT2D eigenvalue weighted by Crippen LogP contribution is -2.39. The van der Waals surface area contributed by atoms with E-state index in [0.717, 1.165) is 16.5 Å². The van der Waals surface area contributed by atoms with Gasteiger partial charge in [-0.1, -0.05) is 23.8 Å². The number of fused-ring (bicyclic) bond motifs is 4. The highest BCUT2D eigenvalue weighted by Gasteiger charge is 2.38. The average Bonchev–Trinajstić information content (AvgIpc) is 2.89. The molecule has 0 radical (unpaired) electrons. The number of nitrogens with zero attached hydrogens (tertiary/aromatic N) is 1. The fourth-order valence-corrected chi connectivity index (χ4v) is 5.34. The summed E-state index contributed by atoms with van der Waals surface area (Å²) >= 11 is 0. The van der Waals surface area contributed by atoms with Crippen molar-refractivity contribution >= 4 is 27.9 Å². The second-order valence-electron chi connectivity index (χ2n) is 10.1. The number of aryl methyl sites for hydroxylation is 1. The zero-order valence-corrected chi connectivity index (χ0v) is 22.5. The van der Waals surface area contributed by atoms with Crippen LogP contribution in [-0.2, 0) is 7.05 Å². The maximum absolute atomic E-state index is 13.5.